The molecule has 26 heavy (non-hydrogen) atoms. The third-order valence-electron chi connectivity index (χ3n) is 5.10. The molecule has 7 nitrogen and oxygen atoms in total. The first-order valence-corrected chi connectivity index (χ1v) is 10.9. The zero-order chi connectivity index (χ0) is 18.7. The van der Waals surface area contributed by atoms with E-state index in [1.807, 2.05) is 36.0 Å². The van der Waals surface area contributed by atoms with Gasteiger partial charge in [0.15, 0.2) is 0 Å². The van der Waals surface area contributed by atoms with Crippen LogP contribution in [-0.2, 0) is 23.3 Å². The van der Waals surface area contributed by atoms with Crippen LogP contribution in [0.2, 0.25) is 0 Å². The van der Waals surface area contributed by atoms with Crippen molar-refractivity contribution in [3.05, 3.63) is 30.0 Å². The molecule has 1 aliphatic carbocycles. The maximum absolute atomic E-state index is 12.1. The maximum Gasteiger partial charge on any atom is 0.315 e. The van der Waals surface area contributed by atoms with Crippen LogP contribution in [0.5, 0.6) is 0 Å². The molecule has 0 radical (unpaired) electrons. The second kappa shape index (κ2) is 7.65. The lowest BCUT2D eigenvalue weighted by Crippen LogP contribution is -2.45. The summed E-state index contributed by atoms with van der Waals surface area (Å²) >= 11 is 0. The summed E-state index contributed by atoms with van der Waals surface area (Å²) in [5, 5.41) is 11.2. The Morgan fingerprint density at radius 2 is 1.92 bits per heavy atom. The number of urea groups is 1. The first-order valence-electron chi connectivity index (χ1n) is 8.98. The molecular weight excluding hydrogens is 352 g/mol. The number of sulfone groups is 1. The zero-order valence-electron chi connectivity index (χ0n) is 15.2. The Bertz CT molecular complexity index is 883. The van der Waals surface area contributed by atoms with Crippen molar-refractivity contribution in [1.29, 1.82) is 0 Å². The van der Waals surface area contributed by atoms with Gasteiger partial charge >= 0.3 is 6.03 Å². The average Bonchev–Trinajstić information content (AvgIpc) is 2.91. The van der Waals surface area contributed by atoms with Crippen LogP contribution < -0.4 is 10.6 Å². The monoisotopic (exact) mass is 378 g/mol. The molecule has 0 aliphatic heterocycles. The molecular formula is C18H26N4O3S. The number of carbonyl (C=O) groups is 1. The lowest BCUT2D eigenvalue weighted by Gasteiger charge is -2.28. The second-order valence-corrected chi connectivity index (χ2v) is 9.37. The number of amides is 2. The molecule has 0 spiro atoms. The number of para-hydroxylation sites is 1. The lowest BCUT2D eigenvalue weighted by molar-refractivity contribution is 0.233. The molecule has 2 aromatic rings. The zero-order valence-corrected chi connectivity index (χ0v) is 16.1. The van der Waals surface area contributed by atoms with E-state index in [0.717, 1.165) is 16.6 Å². The standard InChI is InChI=1S/C18H26N4O3S/c1-22-17-6-4-3-5-15(17)16(21-22)11-12-19-18(23)20-13-7-9-14(10-8-13)26(2,24)25/h3-6,13-14H,7-12H2,1-2H3,(H2,19,20,23). The summed E-state index contributed by atoms with van der Waals surface area (Å²) in [7, 11) is -1.06. The number of aromatic nitrogens is 2. The van der Waals surface area contributed by atoms with Crippen LogP contribution in [0.15, 0.2) is 24.3 Å². The molecule has 1 aliphatic rings. The number of nitrogens with one attached hydrogen (secondary N) is 2. The van der Waals surface area contributed by atoms with Gasteiger partial charge in [0.1, 0.15) is 9.84 Å². The van der Waals surface area contributed by atoms with Crippen molar-refractivity contribution >= 4 is 26.8 Å². The molecule has 0 saturated heterocycles. The van der Waals surface area contributed by atoms with E-state index in [2.05, 4.69) is 15.7 Å². The molecule has 2 amide bonds. The highest BCUT2D eigenvalue weighted by Crippen LogP contribution is 2.23. The summed E-state index contributed by atoms with van der Waals surface area (Å²) in [6.07, 6.45) is 4.59. The predicted molar refractivity (Wildman–Crippen MR) is 102 cm³/mol. The molecule has 0 bridgehead atoms. The van der Waals surface area contributed by atoms with Crippen LogP contribution in [0.1, 0.15) is 31.4 Å². The van der Waals surface area contributed by atoms with Crippen molar-refractivity contribution in [3.63, 3.8) is 0 Å². The van der Waals surface area contributed by atoms with E-state index in [1.54, 1.807) is 0 Å². The Labute approximate surface area is 154 Å². The quantitative estimate of drug-likeness (QED) is 0.829. The largest absolute Gasteiger partial charge is 0.338 e. The van der Waals surface area contributed by atoms with E-state index < -0.39 is 9.84 Å². The molecule has 1 fully saturated rings. The third kappa shape index (κ3) is 4.35. The fourth-order valence-corrected chi connectivity index (χ4v) is 4.77. The van der Waals surface area contributed by atoms with Gasteiger partial charge in [-0.1, -0.05) is 18.2 Å². The van der Waals surface area contributed by atoms with Gasteiger partial charge in [-0.15, -0.1) is 0 Å². The summed E-state index contributed by atoms with van der Waals surface area (Å²) in [5.41, 5.74) is 2.05. The van der Waals surface area contributed by atoms with E-state index in [-0.39, 0.29) is 17.3 Å². The highest BCUT2D eigenvalue weighted by Gasteiger charge is 2.28. The van der Waals surface area contributed by atoms with Gasteiger partial charge < -0.3 is 10.6 Å². The average molecular weight is 378 g/mol. The molecule has 0 atom stereocenters. The smallest absolute Gasteiger partial charge is 0.315 e. The van der Waals surface area contributed by atoms with Crippen LogP contribution in [0.3, 0.4) is 0 Å². The molecule has 1 aromatic carbocycles. The van der Waals surface area contributed by atoms with Crippen LogP contribution in [0, 0.1) is 0 Å². The summed E-state index contributed by atoms with van der Waals surface area (Å²) in [4.78, 5) is 12.1. The van der Waals surface area contributed by atoms with Crippen LogP contribution in [0.25, 0.3) is 10.9 Å². The Hall–Kier alpha value is -2.09. The Morgan fingerprint density at radius 3 is 2.62 bits per heavy atom. The lowest BCUT2D eigenvalue weighted by atomic mass is 9.95. The predicted octanol–water partition coefficient (Wildman–Crippen LogP) is 1.77. The van der Waals surface area contributed by atoms with Crippen LogP contribution >= 0.6 is 0 Å². The minimum atomic E-state index is -2.98. The van der Waals surface area contributed by atoms with Crippen LogP contribution in [-0.4, -0.2) is 48.3 Å². The maximum atomic E-state index is 12.1. The minimum absolute atomic E-state index is 0.0451. The number of benzene rings is 1. The fraction of sp³-hybridized carbons (Fsp3) is 0.556. The van der Waals surface area contributed by atoms with E-state index in [0.29, 0.717) is 38.6 Å². The first kappa shape index (κ1) is 18.7. The highest BCUT2D eigenvalue weighted by atomic mass is 32.2. The molecule has 1 heterocycles. The van der Waals surface area contributed by atoms with Crippen molar-refractivity contribution in [3.8, 4) is 0 Å². The Kier molecular flexibility index (Phi) is 5.50. The number of fused-ring (bicyclic) bond motifs is 1. The van der Waals surface area contributed by atoms with Gasteiger partial charge in [0.05, 0.1) is 16.5 Å². The van der Waals surface area contributed by atoms with Gasteiger partial charge in [-0.3, -0.25) is 4.68 Å². The van der Waals surface area contributed by atoms with Gasteiger partial charge in [0.25, 0.3) is 0 Å². The first-order chi connectivity index (χ1) is 12.3. The van der Waals surface area contributed by atoms with Crippen molar-refractivity contribution in [1.82, 2.24) is 20.4 Å². The van der Waals surface area contributed by atoms with E-state index in [4.69, 9.17) is 0 Å². The Balaban J connectivity index is 1.45. The molecule has 0 unspecified atom stereocenters. The van der Waals surface area contributed by atoms with Gasteiger partial charge in [0, 0.05) is 37.7 Å². The summed E-state index contributed by atoms with van der Waals surface area (Å²) < 4.78 is 25.0. The summed E-state index contributed by atoms with van der Waals surface area (Å²) in [5.74, 6) is 0. The number of hydrogen-bond acceptors (Lipinski definition) is 4. The van der Waals surface area contributed by atoms with Crippen molar-refractivity contribution < 1.29 is 13.2 Å². The van der Waals surface area contributed by atoms with Gasteiger partial charge in [-0.25, -0.2) is 13.2 Å². The topological polar surface area (TPSA) is 93.1 Å². The van der Waals surface area contributed by atoms with E-state index in [1.165, 1.54) is 6.26 Å². The molecule has 3 rings (SSSR count). The molecule has 2 N–H and O–H groups in total. The SMILES string of the molecule is Cn1nc(CCNC(=O)NC2CCC(S(C)(=O)=O)CC2)c2ccccc21. The van der Waals surface area contributed by atoms with Gasteiger partial charge in [0.2, 0.25) is 0 Å². The number of carbonyl (C=O) groups excluding carboxylic acids is 1. The number of hydrogen-bond donors (Lipinski definition) is 2. The van der Waals surface area contributed by atoms with Crippen LogP contribution in [0.4, 0.5) is 4.79 Å². The van der Waals surface area contributed by atoms with E-state index in [9.17, 15) is 13.2 Å². The van der Waals surface area contributed by atoms with E-state index >= 15 is 0 Å². The Morgan fingerprint density at radius 1 is 1.23 bits per heavy atom. The summed E-state index contributed by atoms with van der Waals surface area (Å²) in [6, 6.07) is 7.88. The number of nitrogens with zero attached hydrogens (tertiary/aromatic N) is 2. The molecule has 1 aromatic heterocycles. The van der Waals surface area contributed by atoms with Crippen molar-refractivity contribution in [2.45, 2.75) is 43.4 Å². The molecule has 142 valence electrons. The fourth-order valence-electron chi connectivity index (χ4n) is 3.64. The number of rotatable bonds is 5. The van der Waals surface area contributed by atoms with Crippen molar-refractivity contribution in [2.75, 3.05) is 12.8 Å². The van der Waals surface area contributed by atoms with Gasteiger partial charge in [-0.05, 0) is 31.7 Å². The second-order valence-electron chi connectivity index (χ2n) is 7.04. The number of aryl methyl sites for hydroxylation is 1. The van der Waals surface area contributed by atoms with Gasteiger partial charge in [-0.2, -0.15) is 5.10 Å². The minimum Gasteiger partial charge on any atom is -0.338 e. The molecule has 1 saturated carbocycles. The summed E-state index contributed by atoms with van der Waals surface area (Å²) in [6.45, 7) is 0.505. The normalized spacial score (nSPS) is 20.8. The highest BCUT2D eigenvalue weighted by molar-refractivity contribution is 7.91. The van der Waals surface area contributed by atoms with Crippen molar-refractivity contribution in [2.24, 2.45) is 7.05 Å². The molecule has 8 heteroatoms. The third-order valence-corrected chi connectivity index (χ3v) is 6.78.